The van der Waals surface area contributed by atoms with Gasteiger partial charge in [-0.2, -0.15) is 5.26 Å². The van der Waals surface area contributed by atoms with Crippen molar-refractivity contribution in [2.45, 2.75) is 44.9 Å². The van der Waals surface area contributed by atoms with Crippen molar-refractivity contribution in [1.82, 2.24) is 0 Å². The summed E-state index contributed by atoms with van der Waals surface area (Å²) in [5, 5.41) is 11.4. The van der Waals surface area contributed by atoms with E-state index in [2.05, 4.69) is 18.3 Å². The van der Waals surface area contributed by atoms with Crippen LogP contribution in [-0.4, -0.2) is 12.5 Å². The summed E-state index contributed by atoms with van der Waals surface area (Å²) in [6.07, 6.45) is 3.34. The number of rotatable bonds is 9. The Bertz CT molecular complexity index is 791. The molecule has 26 heavy (non-hydrogen) atoms. The van der Waals surface area contributed by atoms with E-state index in [1.54, 1.807) is 6.07 Å². The van der Waals surface area contributed by atoms with E-state index >= 15 is 0 Å². The molecule has 1 aliphatic carbocycles. The SMILES string of the molecule is CC1CC1c1ccc(CCC(=O)Nc2cccc(OCCCC#N)c2)o1. The number of carbonyl (C=O) groups is 1. The number of hydrogen-bond acceptors (Lipinski definition) is 4. The van der Waals surface area contributed by atoms with Gasteiger partial charge in [0, 0.05) is 36.9 Å². The van der Waals surface area contributed by atoms with Crippen molar-refractivity contribution >= 4 is 11.6 Å². The van der Waals surface area contributed by atoms with Crippen LogP contribution in [0.3, 0.4) is 0 Å². The number of nitriles is 1. The molecule has 1 amide bonds. The topological polar surface area (TPSA) is 75.3 Å². The first-order valence-corrected chi connectivity index (χ1v) is 9.14. The molecule has 1 aliphatic rings. The van der Waals surface area contributed by atoms with Gasteiger partial charge in [0.1, 0.15) is 17.3 Å². The van der Waals surface area contributed by atoms with Gasteiger partial charge in [-0.05, 0) is 43.0 Å². The Kier molecular flexibility index (Phi) is 5.96. The summed E-state index contributed by atoms with van der Waals surface area (Å²) >= 11 is 0. The van der Waals surface area contributed by atoms with Gasteiger partial charge in [-0.1, -0.05) is 13.0 Å². The van der Waals surface area contributed by atoms with Crippen LogP contribution in [0.15, 0.2) is 40.8 Å². The Morgan fingerprint density at radius 1 is 1.38 bits per heavy atom. The summed E-state index contributed by atoms with van der Waals surface area (Å²) in [6, 6.07) is 13.4. The normalized spacial score (nSPS) is 18.2. The molecule has 3 rings (SSSR count). The molecule has 0 spiro atoms. The summed E-state index contributed by atoms with van der Waals surface area (Å²) in [7, 11) is 0. The minimum absolute atomic E-state index is 0.0515. The molecule has 5 heteroatoms. The Balaban J connectivity index is 1.44. The average molecular weight is 352 g/mol. The van der Waals surface area contributed by atoms with Crippen LogP contribution in [0.1, 0.15) is 50.0 Å². The predicted molar refractivity (Wildman–Crippen MR) is 99.0 cm³/mol. The first-order valence-electron chi connectivity index (χ1n) is 9.14. The Labute approximate surface area is 154 Å². The van der Waals surface area contributed by atoms with Crippen molar-refractivity contribution in [2.24, 2.45) is 5.92 Å². The molecule has 2 unspecified atom stereocenters. The highest BCUT2D eigenvalue weighted by molar-refractivity contribution is 5.90. The number of amides is 1. The van der Waals surface area contributed by atoms with Gasteiger partial charge >= 0.3 is 0 Å². The van der Waals surface area contributed by atoms with Gasteiger partial charge in [-0.15, -0.1) is 0 Å². The maximum Gasteiger partial charge on any atom is 0.224 e. The lowest BCUT2D eigenvalue weighted by Gasteiger charge is -2.08. The molecule has 0 bridgehead atoms. The highest BCUT2D eigenvalue weighted by atomic mass is 16.5. The highest BCUT2D eigenvalue weighted by Gasteiger charge is 2.36. The van der Waals surface area contributed by atoms with Gasteiger partial charge < -0.3 is 14.5 Å². The minimum atomic E-state index is -0.0515. The fourth-order valence-electron chi connectivity index (χ4n) is 2.91. The Morgan fingerprint density at radius 3 is 3.00 bits per heavy atom. The van der Waals surface area contributed by atoms with Gasteiger partial charge in [0.25, 0.3) is 0 Å². The number of nitrogens with one attached hydrogen (secondary N) is 1. The molecule has 0 saturated heterocycles. The van der Waals surface area contributed by atoms with Crippen LogP contribution in [0.25, 0.3) is 0 Å². The second kappa shape index (κ2) is 8.57. The van der Waals surface area contributed by atoms with E-state index in [0.717, 1.165) is 11.5 Å². The van der Waals surface area contributed by atoms with Crippen molar-refractivity contribution < 1.29 is 13.9 Å². The van der Waals surface area contributed by atoms with Crippen LogP contribution in [0, 0.1) is 17.2 Å². The zero-order valence-corrected chi connectivity index (χ0v) is 15.0. The number of furan rings is 1. The fourth-order valence-corrected chi connectivity index (χ4v) is 2.91. The first kappa shape index (κ1) is 18.1. The third kappa shape index (κ3) is 5.13. The number of hydrogen-bond donors (Lipinski definition) is 1. The quantitative estimate of drug-likeness (QED) is 0.666. The molecule has 2 aromatic rings. The second-order valence-corrected chi connectivity index (χ2v) is 6.81. The molecular formula is C21H24N2O3. The number of unbranched alkanes of at least 4 members (excludes halogenated alkanes) is 1. The number of nitrogens with zero attached hydrogens (tertiary/aromatic N) is 1. The van der Waals surface area contributed by atoms with Gasteiger partial charge in [-0.25, -0.2) is 0 Å². The third-order valence-corrected chi connectivity index (χ3v) is 4.58. The van der Waals surface area contributed by atoms with Gasteiger partial charge in [0.2, 0.25) is 5.91 Å². The molecule has 1 N–H and O–H groups in total. The van der Waals surface area contributed by atoms with E-state index in [1.807, 2.05) is 30.3 Å². The number of anilines is 1. The molecule has 1 fully saturated rings. The molecular weight excluding hydrogens is 328 g/mol. The third-order valence-electron chi connectivity index (χ3n) is 4.58. The van der Waals surface area contributed by atoms with Gasteiger partial charge in [0.15, 0.2) is 0 Å². The van der Waals surface area contributed by atoms with E-state index in [0.29, 0.717) is 55.6 Å². The second-order valence-electron chi connectivity index (χ2n) is 6.81. The van der Waals surface area contributed by atoms with E-state index in [1.165, 1.54) is 6.42 Å². The minimum Gasteiger partial charge on any atom is -0.493 e. The lowest BCUT2D eigenvalue weighted by Crippen LogP contribution is -2.12. The van der Waals surface area contributed by atoms with Crippen molar-refractivity contribution in [1.29, 1.82) is 5.26 Å². The lowest BCUT2D eigenvalue weighted by atomic mass is 10.2. The monoisotopic (exact) mass is 352 g/mol. The average Bonchev–Trinajstić information content (AvgIpc) is 3.18. The molecule has 1 aromatic heterocycles. The van der Waals surface area contributed by atoms with Gasteiger partial charge in [0.05, 0.1) is 12.7 Å². The fraction of sp³-hybridized carbons (Fsp3) is 0.429. The van der Waals surface area contributed by atoms with E-state index in [9.17, 15) is 4.79 Å². The zero-order valence-electron chi connectivity index (χ0n) is 15.0. The maximum atomic E-state index is 12.2. The molecule has 1 saturated carbocycles. The molecule has 1 aromatic carbocycles. The number of benzene rings is 1. The molecule has 1 heterocycles. The zero-order chi connectivity index (χ0) is 18.4. The van der Waals surface area contributed by atoms with Crippen LogP contribution in [-0.2, 0) is 11.2 Å². The van der Waals surface area contributed by atoms with E-state index in [4.69, 9.17) is 14.4 Å². The first-order chi connectivity index (χ1) is 12.7. The van der Waals surface area contributed by atoms with Crippen LogP contribution in [0.2, 0.25) is 0 Å². The van der Waals surface area contributed by atoms with Crippen molar-refractivity contribution in [3.63, 3.8) is 0 Å². The molecule has 5 nitrogen and oxygen atoms in total. The van der Waals surface area contributed by atoms with Crippen LogP contribution in [0.4, 0.5) is 5.69 Å². The van der Waals surface area contributed by atoms with Crippen molar-refractivity contribution in [3.05, 3.63) is 47.9 Å². The summed E-state index contributed by atoms with van der Waals surface area (Å²) in [6.45, 7) is 2.72. The maximum absolute atomic E-state index is 12.2. The summed E-state index contributed by atoms with van der Waals surface area (Å²) in [5.74, 6) is 3.83. The van der Waals surface area contributed by atoms with Crippen molar-refractivity contribution in [3.8, 4) is 11.8 Å². The highest BCUT2D eigenvalue weighted by Crippen LogP contribution is 2.47. The molecule has 2 atom stereocenters. The van der Waals surface area contributed by atoms with Crippen LogP contribution >= 0.6 is 0 Å². The summed E-state index contributed by atoms with van der Waals surface area (Å²) in [5.41, 5.74) is 0.708. The van der Waals surface area contributed by atoms with Crippen LogP contribution < -0.4 is 10.1 Å². The summed E-state index contributed by atoms with van der Waals surface area (Å²) in [4.78, 5) is 12.2. The molecule has 0 aliphatic heterocycles. The van der Waals surface area contributed by atoms with Crippen LogP contribution in [0.5, 0.6) is 5.75 Å². The smallest absolute Gasteiger partial charge is 0.224 e. The Hall–Kier alpha value is -2.74. The number of carbonyl (C=O) groups excluding carboxylic acids is 1. The lowest BCUT2D eigenvalue weighted by molar-refractivity contribution is -0.116. The standard InChI is InChI=1S/C21H24N2O3/c1-15-13-19(15)20-9-7-17(26-20)8-10-21(24)23-16-5-4-6-18(14-16)25-12-3-2-11-22/h4-7,9,14-15,19H,2-3,8,10,12-13H2,1H3,(H,23,24). The summed E-state index contributed by atoms with van der Waals surface area (Å²) < 4.78 is 11.4. The predicted octanol–water partition coefficient (Wildman–Crippen LogP) is 4.66. The molecule has 0 radical (unpaired) electrons. The van der Waals surface area contributed by atoms with E-state index in [-0.39, 0.29) is 5.91 Å². The number of aryl methyl sites for hydroxylation is 1. The molecule has 136 valence electrons. The largest absolute Gasteiger partial charge is 0.493 e. The van der Waals surface area contributed by atoms with Crippen molar-refractivity contribution in [2.75, 3.05) is 11.9 Å². The number of ether oxygens (including phenoxy) is 1. The Morgan fingerprint density at radius 2 is 2.23 bits per heavy atom. The van der Waals surface area contributed by atoms with Gasteiger partial charge in [-0.3, -0.25) is 4.79 Å². The van der Waals surface area contributed by atoms with E-state index < -0.39 is 0 Å².